The second-order valence-corrected chi connectivity index (χ2v) is 5.70. The summed E-state index contributed by atoms with van der Waals surface area (Å²) in [5.74, 6) is 0.0141. The Morgan fingerprint density at radius 2 is 2.05 bits per heavy atom. The zero-order chi connectivity index (χ0) is 13.6. The zero-order valence-electron chi connectivity index (χ0n) is 11.7. The maximum Gasteiger partial charge on any atom is 0.276 e. The molecule has 1 aliphatic carbocycles. The van der Waals surface area contributed by atoms with E-state index in [0.29, 0.717) is 24.9 Å². The van der Waals surface area contributed by atoms with Gasteiger partial charge in [-0.3, -0.25) is 4.79 Å². The molecule has 1 aromatic rings. The molecule has 1 aliphatic heterocycles. The van der Waals surface area contributed by atoms with Gasteiger partial charge in [-0.05, 0) is 33.6 Å². The standard InChI is InChI=1S/C13H20N4O2/c1-8(2)17-9(3)12(14-15-17)13(18)16(10-4-5-10)11-6-19-7-11/h8,10-11H,4-7H2,1-3H3. The van der Waals surface area contributed by atoms with Crippen molar-refractivity contribution in [3.05, 3.63) is 11.4 Å². The minimum atomic E-state index is 0.0141. The smallest absolute Gasteiger partial charge is 0.276 e. The Hall–Kier alpha value is -1.43. The van der Waals surface area contributed by atoms with Crippen LogP contribution in [0.3, 0.4) is 0 Å². The predicted octanol–water partition coefficient (Wildman–Crippen LogP) is 1.17. The summed E-state index contributed by atoms with van der Waals surface area (Å²) in [5.41, 5.74) is 1.35. The van der Waals surface area contributed by atoms with Gasteiger partial charge in [-0.1, -0.05) is 5.21 Å². The van der Waals surface area contributed by atoms with Crippen molar-refractivity contribution in [2.75, 3.05) is 13.2 Å². The highest BCUT2D eigenvalue weighted by molar-refractivity contribution is 5.94. The molecule has 0 radical (unpaired) electrons. The molecule has 104 valence electrons. The minimum Gasteiger partial charge on any atom is -0.377 e. The molecule has 0 spiro atoms. The van der Waals surface area contributed by atoms with Crippen molar-refractivity contribution in [2.24, 2.45) is 0 Å². The van der Waals surface area contributed by atoms with Crippen LogP contribution in [0, 0.1) is 6.92 Å². The van der Waals surface area contributed by atoms with Gasteiger partial charge in [-0.2, -0.15) is 0 Å². The first-order valence-electron chi connectivity index (χ1n) is 6.91. The maximum absolute atomic E-state index is 12.7. The average molecular weight is 264 g/mol. The number of hydrogen-bond donors (Lipinski definition) is 0. The fraction of sp³-hybridized carbons (Fsp3) is 0.769. The normalized spacial score (nSPS) is 19.6. The highest BCUT2D eigenvalue weighted by Gasteiger charge is 2.42. The van der Waals surface area contributed by atoms with Crippen molar-refractivity contribution in [3.8, 4) is 0 Å². The van der Waals surface area contributed by atoms with E-state index in [1.807, 2.05) is 25.7 Å². The van der Waals surface area contributed by atoms with E-state index >= 15 is 0 Å². The quantitative estimate of drug-likeness (QED) is 0.819. The third-order valence-corrected chi connectivity index (χ3v) is 3.81. The maximum atomic E-state index is 12.7. The molecule has 0 atom stereocenters. The Kier molecular flexibility index (Phi) is 3.05. The van der Waals surface area contributed by atoms with Gasteiger partial charge in [0, 0.05) is 12.1 Å². The Labute approximate surface area is 112 Å². The molecular weight excluding hydrogens is 244 g/mol. The van der Waals surface area contributed by atoms with Crippen LogP contribution in [0.4, 0.5) is 0 Å². The first-order valence-corrected chi connectivity index (χ1v) is 6.91. The summed E-state index contributed by atoms with van der Waals surface area (Å²) in [5, 5.41) is 8.18. The number of rotatable bonds is 4. The number of carbonyl (C=O) groups excluding carboxylic acids is 1. The van der Waals surface area contributed by atoms with E-state index in [9.17, 15) is 4.79 Å². The lowest BCUT2D eigenvalue weighted by molar-refractivity contribution is -0.0568. The van der Waals surface area contributed by atoms with E-state index in [1.54, 1.807) is 4.68 Å². The Morgan fingerprint density at radius 1 is 1.37 bits per heavy atom. The molecule has 3 rings (SSSR count). The summed E-state index contributed by atoms with van der Waals surface area (Å²) < 4.78 is 7.02. The second-order valence-electron chi connectivity index (χ2n) is 5.70. The number of ether oxygens (including phenoxy) is 1. The van der Waals surface area contributed by atoms with Crippen LogP contribution >= 0.6 is 0 Å². The van der Waals surface area contributed by atoms with Crippen molar-refractivity contribution in [1.29, 1.82) is 0 Å². The van der Waals surface area contributed by atoms with E-state index in [2.05, 4.69) is 10.3 Å². The van der Waals surface area contributed by atoms with Crippen LogP contribution in [-0.2, 0) is 4.74 Å². The van der Waals surface area contributed by atoms with Crippen LogP contribution < -0.4 is 0 Å². The van der Waals surface area contributed by atoms with Gasteiger partial charge in [0.15, 0.2) is 5.69 Å². The number of aromatic nitrogens is 3. The molecule has 6 nitrogen and oxygen atoms in total. The second kappa shape index (κ2) is 4.59. The van der Waals surface area contributed by atoms with Gasteiger partial charge >= 0.3 is 0 Å². The molecule has 0 N–H and O–H groups in total. The molecule has 19 heavy (non-hydrogen) atoms. The highest BCUT2D eigenvalue weighted by atomic mass is 16.5. The van der Waals surface area contributed by atoms with Gasteiger partial charge in [-0.15, -0.1) is 5.10 Å². The monoisotopic (exact) mass is 264 g/mol. The molecule has 1 saturated carbocycles. The number of nitrogens with zero attached hydrogens (tertiary/aromatic N) is 4. The molecule has 6 heteroatoms. The van der Waals surface area contributed by atoms with Crippen molar-refractivity contribution < 1.29 is 9.53 Å². The van der Waals surface area contributed by atoms with Crippen LogP contribution in [0.1, 0.15) is 48.9 Å². The third kappa shape index (κ3) is 2.14. The molecule has 1 amide bonds. The summed E-state index contributed by atoms with van der Waals surface area (Å²) >= 11 is 0. The average Bonchev–Trinajstić information content (AvgIpc) is 3.05. The lowest BCUT2D eigenvalue weighted by Gasteiger charge is -2.37. The van der Waals surface area contributed by atoms with Crippen molar-refractivity contribution in [1.82, 2.24) is 19.9 Å². The van der Waals surface area contributed by atoms with Crippen LogP contribution in [0.2, 0.25) is 0 Å². The molecule has 0 aromatic carbocycles. The van der Waals surface area contributed by atoms with Crippen LogP contribution in [-0.4, -0.2) is 51.1 Å². The molecule has 2 aliphatic rings. The molecular formula is C13H20N4O2. The Balaban J connectivity index is 1.85. The predicted molar refractivity (Wildman–Crippen MR) is 68.9 cm³/mol. The van der Waals surface area contributed by atoms with Crippen molar-refractivity contribution in [3.63, 3.8) is 0 Å². The van der Waals surface area contributed by atoms with Gasteiger partial charge in [0.25, 0.3) is 5.91 Å². The summed E-state index contributed by atoms with van der Waals surface area (Å²) in [6.45, 7) is 7.29. The van der Waals surface area contributed by atoms with Gasteiger partial charge < -0.3 is 9.64 Å². The molecule has 1 saturated heterocycles. The lowest BCUT2D eigenvalue weighted by Crippen LogP contribution is -2.53. The fourth-order valence-electron chi connectivity index (χ4n) is 2.52. The van der Waals surface area contributed by atoms with E-state index in [4.69, 9.17) is 4.74 Å². The first-order chi connectivity index (χ1) is 9.09. The third-order valence-electron chi connectivity index (χ3n) is 3.81. The fourth-order valence-corrected chi connectivity index (χ4v) is 2.52. The SMILES string of the molecule is Cc1c(C(=O)N(C2CC2)C2COC2)nnn1C(C)C. The topological polar surface area (TPSA) is 60.3 Å². The van der Waals surface area contributed by atoms with Crippen LogP contribution in [0.5, 0.6) is 0 Å². The largest absolute Gasteiger partial charge is 0.377 e. The van der Waals surface area contributed by atoms with E-state index in [-0.39, 0.29) is 18.0 Å². The minimum absolute atomic E-state index is 0.0141. The highest BCUT2D eigenvalue weighted by Crippen LogP contribution is 2.32. The summed E-state index contributed by atoms with van der Waals surface area (Å²) in [4.78, 5) is 14.6. The Morgan fingerprint density at radius 3 is 2.47 bits per heavy atom. The summed E-state index contributed by atoms with van der Waals surface area (Å²) in [6.07, 6.45) is 2.19. The molecule has 0 unspecified atom stereocenters. The van der Waals surface area contributed by atoms with Gasteiger partial charge in [0.05, 0.1) is 24.9 Å². The molecule has 1 aromatic heterocycles. The van der Waals surface area contributed by atoms with Crippen molar-refractivity contribution in [2.45, 2.75) is 51.7 Å². The van der Waals surface area contributed by atoms with Crippen LogP contribution in [0.15, 0.2) is 0 Å². The number of carbonyl (C=O) groups is 1. The first kappa shape index (κ1) is 12.6. The number of hydrogen-bond acceptors (Lipinski definition) is 4. The number of amides is 1. The lowest BCUT2D eigenvalue weighted by atomic mass is 10.1. The van der Waals surface area contributed by atoms with Crippen molar-refractivity contribution >= 4 is 5.91 Å². The molecule has 2 fully saturated rings. The van der Waals surface area contributed by atoms with Crippen LogP contribution in [0.25, 0.3) is 0 Å². The van der Waals surface area contributed by atoms with Gasteiger partial charge in [-0.25, -0.2) is 4.68 Å². The Bertz CT molecular complexity index is 489. The summed E-state index contributed by atoms with van der Waals surface area (Å²) in [7, 11) is 0. The summed E-state index contributed by atoms with van der Waals surface area (Å²) in [6, 6.07) is 0.823. The molecule has 0 bridgehead atoms. The van der Waals surface area contributed by atoms with Gasteiger partial charge in [0.1, 0.15) is 0 Å². The van der Waals surface area contributed by atoms with Gasteiger partial charge in [0.2, 0.25) is 0 Å². The zero-order valence-corrected chi connectivity index (χ0v) is 11.7. The molecule has 2 heterocycles. The van der Waals surface area contributed by atoms with E-state index in [0.717, 1.165) is 18.5 Å². The van der Waals surface area contributed by atoms with E-state index in [1.165, 1.54) is 0 Å². The van der Waals surface area contributed by atoms with E-state index < -0.39 is 0 Å².